The van der Waals surface area contributed by atoms with Gasteiger partial charge in [-0.25, -0.2) is 4.31 Å². The van der Waals surface area contributed by atoms with Crippen molar-refractivity contribution in [3.8, 4) is 0 Å². The van der Waals surface area contributed by atoms with E-state index in [9.17, 15) is 9.90 Å². The summed E-state index contributed by atoms with van der Waals surface area (Å²) >= 11 is 1.67. The molecule has 0 fully saturated rings. The highest BCUT2D eigenvalue weighted by Crippen LogP contribution is 2.28. The van der Waals surface area contributed by atoms with Crippen LogP contribution in [0.5, 0.6) is 0 Å². The van der Waals surface area contributed by atoms with E-state index in [2.05, 4.69) is 40.8 Å². The summed E-state index contributed by atoms with van der Waals surface area (Å²) in [6.45, 7) is 3.46. The predicted octanol–water partition coefficient (Wildman–Crippen LogP) is 5.17. The van der Waals surface area contributed by atoms with Gasteiger partial charge in [0.2, 0.25) is 5.91 Å². The van der Waals surface area contributed by atoms with Gasteiger partial charge in [0, 0.05) is 30.8 Å². The Kier molecular flexibility index (Phi) is 11.0. The van der Waals surface area contributed by atoms with E-state index in [0.29, 0.717) is 25.3 Å². The molecule has 3 atom stereocenters. The maximum atomic E-state index is 12.8. The Balaban J connectivity index is 1.65. The molecule has 2 aliphatic rings. The number of amides is 1. The van der Waals surface area contributed by atoms with Crippen LogP contribution in [0.2, 0.25) is 0 Å². The van der Waals surface area contributed by atoms with Gasteiger partial charge in [0.05, 0.1) is 19.3 Å². The number of methoxy groups -OCH3 is 1. The van der Waals surface area contributed by atoms with Crippen molar-refractivity contribution in [2.24, 2.45) is 5.92 Å². The minimum atomic E-state index is -0.686. The predicted molar refractivity (Wildman–Crippen MR) is 141 cm³/mol. The average molecular weight is 483 g/mol. The number of hydrogen-bond acceptors (Lipinski definition) is 5. The van der Waals surface area contributed by atoms with Gasteiger partial charge in [0.25, 0.3) is 0 Å². The van der Waals surface area contributed by atoms with Crippen LogP contribution in [0.4, 0.5) is 0 Å². The Morgan fingerprint density at radius 2 is 2.15 bits per heavy atom. The molecule has 34 heavy (non-hydrogen) atoms. The highest BCUT2D eigenvalue weighted by Gasteiger charge is 2.26. The first-order valence-corrected chi connectivity index (χ1v) is 13.1. The molecule has 6 heteroatoms. The van der Waals surface area contributed by atoms with Gasteiger partial charge in [0.1, 0.15) is 5.76 Å². The molecule has 0 heterocycles. The van der Waals surface area contributed by atoms with E-state index in [-0.39, 0.29) is 11.9 Å². The van der Waals surface area contributed by atoms with Gasteiger partial charge in [-0.15, -0.1) is 0 Å². The van der Waals surface area contributed by atoms with E-state index in [0.717, 1.165) is 43.6 Å². The lowest BCUT2D eigenvalue weighted by Gasteiger charge is -2.30. The van der Waals surface area contributed by atoms with Gasteiger partial charge in [-0.3, -0.25) is 4.79 Å². The van der Waals surface area contributed by atoms with Crippen molar-refractivity contribution in [1.82, 2.24) is 9.62 Å². The minimum Gasteiger partial charge on any atom is -0.497 e. The highest BCUT2D eigenvalue weighted by molar-refractivity contribution is 8.00. The number of nitrogens with zero attached hydrogens (tertiary/aromatic N) is 1. The summed E-state index contributed by atoms with van der Waals surface area (Å²) in [5.74, 6) is 1.18. The first kappa shape index (κ1) is 26.3. The largest absolute Gasteiger partial charge is 0.497 e. The summed E-state index contributed by atoms with van der Waals surface area (Å²) in [4.78, 5) is 14.0. The topological polar surface area (TPSA) is 61.8 Å². The smallest absolute Gasteiger partial charge is 0.220 e. The molecule has 3 unspecified atom stereocenters. The van der Waals surface area contributed by atoms with Crippen molar-refractivity contribution in [2.45, 2.75) is 57.6 Å². The summed E-state index contributed by atoms with van der Waals surface area (Å²) in [6.07, 6.45) is 16.6. The Bertz CT molecular complexity index is 894. The number of aliphatic hydroxyl groups is 1. The second-order valence-corrected chi connectivity index (χ2v) is 10.1. The number of aliphatic hydroxyl groups excluding tert-OH is 1. The lowest BCUT2D eigenvalue weighted by molar-refractivity contribution is -0.123. The van der Waals surface area contributed by atoms with Crippen LogP contribution in [0, 0.1) is 5.92 Å². The summed E-state index contributed by atoms with van der Waals surface area (Å²) in [5, 5.41) is 14.4. The van der Waals surface area contributed by atoms with Gasteiger partial charge in [0.15, 0.2) is 0 Å². The molecule has 0 aliphatic heterocycles. The van der Waals surface area contributed by atoms with Crippen LogP contribution in [0.1, 0.15) is 44.6 Å². The molecule has 3 rings (SSSR count). The standard InChI is InChI=1S/C28H38N2O3S/c1-3-18-30(34-25-15-9-14-24(33-2)16-17-25)21-27(31)26(19-22-10-5-4-6-11-22)29-28(32)20-23-12-7-8-13-23/h4-7,9-12,14-16,23,26-27,31H,3,8,13,17-21H2,1-2H3,(H,29,32). The zero-order valence-corrected chi connectivity index (χ0v) is 21.2. The Morgan fingerprint density at radius 1 is 1.32 bits per heavy atom. The summed E-state index contributed by atoms with van der Waals surface area (Å²) in [6, 6.07) is 9.73. The van der Waals surface area contributed by atoms with Crippen LogP contribution in [-0.2, 0) is 16.0 Å². The first-order chi connectivity index (χ1) is 16.6. The summed E-state index contributed by atoms with van der Waals surface area (Å²) in [7, 11) is 1.68. The summed E-state index contributed by atoms with van der Waals surface area (Å²) < 4.78 is 7.55. The molecule has 0 saturated heterocycles. The van der Waals surface area contributed by atoms with Crippen LogP contribution in [0.25, 0.3) is 0 Å². The van der Waals surface area contributed by atoms with Gasteiger partial charge in [-0.1, -0.05) is 61.6 Å². The Morgan fingerprint density at radius 3 is 2.85 bits per heavy atom. The van der Waals surface area contributed by atoms with Crippen molar-refractivity contribution in [3.05, 3.63) is 83.0 Å². The van der Waals surface area contributed by atoms with Crippen molar-refractivity contribution in [3.63, 3.8) is 0 Å². The fraction of sp³-hybridized carbons (Fsp3) is 0.464. The molecule has 184 valence electrons. The van der Waals surface area contributed by atoms with E-state index in [4.69, 9.17) is 4.74 Å². The molecule has 2 aliphatic carbocycles. The summed E-state index contributed by atoms with van der Waals surface area (Å²) in [5.41, 5.74) is 1.11. The van der Waals surface area contributed by atoms with E-state index < -0.39 is 6.10 Å². The molecule has 0 spiro atoms. The molecule has 1 aromatic rings. The number of ether oxygens (including phenoxy) is 1. The van der Waals surface area contributed by atoms with Crippen molar-refractivity contribution < 1.29 is 14.6 Å². The highest BCUT2D eigenvalue weighted by atomic mass is 32.2. The fourth-order valence-corrected chi connectivity index (χ4v) is 5.38. The molecule has 2 N–H and O–H groups in total. The van der Waals surface area contributed by atoms with Crippen molar-refractivity contribution >= 4 is 17.9 Å². The number of rotatable bonds is 13. The third kappa shape index (κ3) is 8.82. The molecule has 0 radical (unpaired) electrons. The minimum absolute atomic E-state index is 0.0140. The second-order valence-electron chi connectivity index (χ2n) is 8.89. The first-order valence-electron chi connectivity index (χ1n) is 12.3. The number of carbonyl (C=O) groups is 1. The van der Waals surface area contributed by atoms with Crippen LogP contribution in [-0.4, -0.2) is 47.7 Å². The molecule has 1 aromatic carbocycles. The molecule has 0 bridgehead atoms. The Hall–Kier alpha value is -2.28. The number of carbonyl (C=O) groups excluding carboxylic acids is 1. The van der Waals surface area contributed by atoms with Gasteiger partial charge < -0.3 is 15.2 Å². The van der Waals surface area contributed by atoms with Gasteiger partial charge in [-0.05, 0) is 61.3 Å². The van der Waals surface area contributed by atoms with E-state index in [1.165, 1.54) is 4.91 Å². The van der Waals surface area contributed by atoms with E-state index >= 15 is 0 Å². The van der Waals surface area contributed by atoms with Gasteiger partial charge >= 0.3 is 0 Å². The van der Waals surface area contributed by atoms with Gasteiger partial charge in [-0.2, -0.15) is 0 Å². The normalized spacial score (nSPS) is 19.4. The zero-order valence-electron chi connectivity index (χ0n) is 20.4. The maximum Gasteiger partial charge on any atom is 0.220 e. The van der Waals surface area contributed by atoms with Crippen LogP contribution in [0.15, 0.2) is 77.5 Å². The van der Waals surface area contributed by atoms with E-state index in [1.807, 2.05) is 42.5 Å². The molecule has 0 saturated carbocycles. The molecule has 0 aromatic heterocycles. The fourth-order valence-electron chi connectivity index (χ4n) is 4.25. The number of hydrogen-bond donors (Lipinski definition) is 2. The quantitative estimate of drug-likeness (QED) is 0.300. The Labute approximate surface area is 208 Å². The number of allylic oxidation sites excluding steroid dienone is 7. The lowest BCUT2D eigenvalue weighted by atomic mass is 9.99. The van der Waals surface area contributed by atoms with Crippen LogP contribution < -0.4 is 5.32 Å². The van der Waals surface area contributed by atoms with Crippen LogP contribution in [0.3, 0.4) is 0 Å². The van der Waals surface area contributed by atoms with Crippen molar-refractivity contribution in [2.75, 3.05) is 20.2 Å². The molecule has 1 amide bonds. The lowest BCUT2D eigenvalue weighted by Crippen LogP contribution is -2.49. The third-order valence-corrected chi connectivity index (χ3v) is 7.19. The second kappa shape index (κ2) is 14.2. The number of nitrogens with one attached hydrogen (secondary N) is 1. The maximum absolute atomic E-state index is 12.8. The molecule has 5 nitrogen and oxygen atoms in total. The number of benzene rings is 1. The van der Waals surface area contributed by atoms with Crippen molar-refractivity contribution in [1.29, 1.82) is 0 Å². The zero-order chi connectivity index (χ0) is 24.2. The molecular formula is C28H38N2O3S. The van der Waals surface area contributed by atoms with Crippen LogP contribution >= 0.6 is 11.9 Å². The van der Waals surface area contributed by atoms with E-state index in [1.54, 1.807) is 19.1 Å². The monoisotopic (exact) mass is 482 g/mol. The molecular weight excluding hydrogens is 444 g/mol. The SMILES string of the molecule is CCCN(CC(O)C(Cc1ccccc1)NC(=O)CC1C=CCC1)SC1=CC=CC(OC)=CC1. The third-order valence-electron chi connectivity index (χ3n) is 6.06. The average Bonchev–Trinajstić information content (AvgIpc) is 3.23.